The van der Waals surface area contributed by atoms with Crippen molar-refractivity contribution in [2.75, 3.05) is 13.1 Å². The molecular weight excluding hydrogens is 174 g/mol. The Bertz CT molecular complexity index is 229. The maximum absolute atomic E-state index is 4.14. The first-order valence-corrected chi connectivity index (χ1v) is 5.38. The van der Waals surface area contributed by atoms with Gasteiger partial charge in [-0.2, -0.15) is 5.10 Å². The van der Waals surface area contributed by atoms with Crippen LogP contribution in [0.3, 0.4) is 0 Å². The second kappa shape index (κ2) is 5.81. The molecule has 3 heteroatoms. The first-order valence-electron chi connectivity index (χ1n) is 5.38. The third-order valence-electron chi connectivity index (χ3n) is 2.68. The van der Waals surface area contributed by atoms with Gasteiger partial charge in [0, 0.05) is 18.9 Å². The van der Waals surface area contributed by atoms with Crippen LogP contribution in [0.15, 0.2) is 18.5 Å². The maximum atomic E-state index is 4.14. The van der Waals surface area contributed by atoms with E-state index in [1.807, 2.05) is 23.1 Å². The van der Waals surface area contributed by atoms with E-state index < -0.39 is 0 Å². The number of hydrogen-bond acceptors (Lipinski definition) is 2. The van der Waals surface area contributed by atoms with Crippen molar-refractivity contribution in [1.82, 2.24) is 15.1 Å². The number of nitrogens with zero attached hydrogens (tertiary/aromatic N) is 2. The molecule has 1 atom stereocenters. The van der Waals surface area contributed by atoms with Crippen LogP contribution in [0.2, 0.25) is 0 Å². The van der Waals surface area contributed by atoms with Crippen molar-refractivity contribution in [3.05, 3.63) is 18.5 Å². The average molecular weight is 195 g/mol. The number of nitrogens with one attached hydrogen (secondary N) is 1. The molecule has 0 saturated heterocycles. The third kappa shape index (κ3) is 3.92. The minimum Gasteiger partial charge on any atom is -0.315 e. The van der Waals surface area contributed by atoms with Crippen LogP contribution in [0, 0.1) is 11.8 Å². The van der Waals surface area contributed by atoms with E-state index in [1.165, 1.54) is 0 Å². The Labute approximate surface area is 86.5 Å². The van der Waals surface area contributed by atoms with Crippen LogP contribution >= 0.6 is 0 Å². The molecule has 14 heavy (non-hydrogen) atoms. The smallest absolute Gasteiger partial charge is 0.0533 e. The molecular formula is C11H21N3. The van der Waals surface area contributed by atoms with Gasteiger partial charge < -0.3 is 5.32 Å². The predicted molar refractivity (Wildman–Crippen MR) is 59.1 cm³/mol. The fourth-order valence-corrected chi connectivity index (χ4v) is 1.19. The van der Waals surface area contributed by atoms with Crippen LogP contribution < -0.4 is 5.32 Å². The number of aromatic nitrogens is 2. The average Bonchev–Trinajstić information content (AvgIpc) is 2.64. The minimum atomic E-state index is 0.743. The quantitative estimate of drug-likeness (QED) is 0.701. The van der Waals surface area contributed by atoms with Crippen molar-refractivity contribution < 1.29 is 0 Å². The molecule has 0 bridgehead atoms. The van der Waals surface area contributed by atoms with E-state index in [-0.39, 0.29) is 0 Å². The van der Waals surface area contributed by atoms with E-state index in [9.17, 15) is 0 Å². The highest BCUT2D eigenvalue weighted by Crippen LogP contribution is 2.07. The summed E-state index contributed by atoms with van der Waals surface area (Å²) in [5, 5.41) is 7.59. The summed E-state index contributed by atoms with van der Waals surface area (Å²) in [5.41, 5.74) is 0. The van der Waals surface area contributed by atoms with Crippen molar-refractivity contribution >= 4 is 0 Å². The highest BCUT2D eigenvalue weighted by molar-refractivity contribution is 4.77. The van der Waals surface area contributed by atoms with Crippen LogP contribution in [-0.4, -0.2) is 22.9 Å². The van der Waals surface area contributed by atoms with E-state index in [0.717, 1.165) is 31.5 Å². The van der Waals surface area contributed by atoms with Crippen molar-refractivity contribution in [3.63, 3.8) is 0 Å². The highest BCUT2D eigenvalue weighted by atomic mass is 15.3. The second-order valence-corrected chi connectivity index (χ2v) is 4.19. The molecule has 0 aromatic carbocycles. The Kier molecular flexibility index (Phi) is 4.66. The van der Waals surface area contributed by atoms with E-state index in [0.29, 0.717) is 0 Å². The van der Waals surface area contributed by atoms with Gasteiger partial charge in [0.2, 0.25) is 0 Å². The topological polar surface area (TPSA) is 29.9 Å². The fourth-order valence-electron chi connectivity index (χ4n) is 1.19. The first kappa shape index (κ1) is 11.2. The van der Waals surface area contributed by atoms with Gasteiger partial charge >= 0.3 is 0 Å². The molecule has 0 fully saturated rings. The molecule has 1 aromatic rings. The van der Waals surface area contributed by atoms with Crippen molar-refractivity contribution in [3.8, 4) is 0 Å². The lowest BCUT2D eigenvalue weighted by Gasteiger charge is -2.15. The van der Waals surface area contributed by atoms with Gasteiger partial charge in [-0.1, -0.05) is 20.8 Å². The Hall–Kier alpha value is -0.830. The van der Waals surface area contributed by atoms with Crippen LogP contribution in [0.25, 0.3) is 0 Å². The molecule has 0 aliphatic heterocycles. The van der Waals surface area contributed by atoms with Gasteiger partial charge in [0.05, 0.1) is 6.54 Å². The zero-order valence-corrected chi connectivity index (χ0v) is 9.40. The van der Waals surface area contributed by atoms with Gasteiger partial charge in [-0.15, -0.1) is 0 Å². The van der Waals surface area contributed by atoms with E-state index in [2.05, 4.69) is 31.2 Å². The van der Waals surface area contributed by atoms with Gasteiger partial charge in [-0.3, -0.25) is 4.68 Å². The van der Waals surface area contributed by atoms with E-state index in [4.69, 9.17) is 0 Å². The zero-order chi connectivity index (χ0) is 10.4. The lowest BCUT2D eigenvalue weighted by atomic mass is 9.98. The monoisotopic (exact) mass is 195 g/mol. The van der Waals surface area contributed by atoms with E-state index >= 15 is 0 Å². The molecule has 1 N–H and O–H groups in total. The molecule has 1 heterocycles. The molecule has 0 saturated carbocycles. The van der Waals surface area contributed by atoms with Gasteiger partial charge in [0.1, 0.15) is 0 Å². The molecule has 0 aliphatic rings. The fraction of sp³-hybridized carbons (Fsp3) is 0.727. The molecule has 0 spiro atoms. The van der Waals surface area contributed by atoms with Crippen LogP contribution in [0.4, 0.5) is 0 Å². The van der Waals surface area contributed by atoms with Gasteiger partial charge in [0.25, 0.3) is 0 Å². The van der Waals surface area contributed by atoms with Gasteiger partial charge in [-0.25, -0.2) is 0 Å². The van der Waals surface area contributed by atoms with Crippen molar-refractivity contribution in [1.29, 1.82) is 0 Å². The summed E-state index contributed by atoms with van der Waals surface area (Å²) >= 11 is 0. The standard InChI is InChI=1S/C11H21N3/c1-10(2)11(3)9-12-6-8-14-7-4-5-13-14/h4-5,7,10-12H,6,8-9H2,1-3H3. The molecule has 1 rings (SSSR count). The second-order valence-electron chi connectivity index (χ2n) is 4.19. The molecule has 1 unspecified atom stereocenters. The summed E-state index contributed by atoms with van der Waals surface area (Å²) in [6.07, 6.45) is 3.81. The third-order valence-corrected chi connectivity index (χ3v) is 2.68. The van der Waals surface area contributed by atoms with Crippen molar-refractivity contribution in [2.45, 2.75) is 27.3 Å². The Balaban J connectivity index is 2.05. The Morgan fingerprint density at radius 2 is 2.14 bits per heavy atom. The summed E-state index contributed by atoms with van der Waals surface area (Å²) in [6, 6.07) is 1.96. The van der Waals surface area contributed by atoms with Crippen LogP contribution in [0.5, 0.6) is 0 Å². The molecule has 3 nitrogen and oxygen atoms in total. The summed E-state index contributed by atoms with van der Waals surface area (Å²) in [7, 11) is 0. The summed E-state index contributed by atoms with van der Waals surface area (Å²) in [5.74, 6) is 1.50. The lowest BCUT2D eigenvalue weighted by molar-refractivity contribution is 0.387. The van der Waals surface area contributed by atoms with Crippen molar-refractivity contribution in [2.24, 2.45) is 11.8 Å². The molecule has 0 radical (unpaired) electrons. The predicted octanol–water partition coefficient (Wildman–Crippen LogP) is 1.76. The zero-order valence-electron chi connectivity index (χ0n) is 9.40. The Morgan fingerprint density at radius 1 is 1.36 bits per heavy atom. The number of hydrogen-bond donors (Lipinski definition) is 1. The lowest BCUT2D eigenvalue weighted by Crippen LogP contribution is -2.27. The molecule has 0 amide bonds. The van der Waals surface area contributed by atoms with E-state index in [1.54, 1.807) is 0 Å². The molecule has 80 valence electrons. The largest absolute Gasteiger partial charge is 0.315 e. The molecule has 1 aromatic heterocycles. The summed E-state index contributed by atoms with van der Waals surface area (Å²) in [6.45, 7) is 9.86. The minimum absolute atomic E-state index is 0.743. The normalized spacial score (nSPS) is 13.4. The molecule has 0 aliphatic carbocycles. The summed E-state index contributed by atoms with van der Waals surface area (Å²) in [4.78, 5) is 0. The van der Waals surface area contributed by atoms with Crippen LogP contribution in [-0.2, 0) is 6.54 Å². The Morgan fingerprint density at radius 3 is 2.71 bits per heavy atom. The number of rotatable bonds is 6. The highest BCUT2D eigenvalue weighted by Gasteiger charge is 2.05. The van der Waals surface area contributed by atoms with Gasteiger partial charge in [0.15, 0.2) is 0 Å². The first-order chi connectivity index (χ1) is 6.70. The van der Waals surface area contributed by atoms with Gasteiger partial charge in [-0.05, 0) is 24.4 Å². The SMILES string of the molecule is CC(C)C(C)CNCCn1cccn1. The summed E-state index contributed by atoms with van der Waals surface area (Å²) < 4.78 is 1.95. The van der Waals surface area contributed by atoms with Crippen LogP contribution in [0.1, 0.15) is 20.8 Å². The maximum Gasteiger partial charge on any atom is 0.0533 e.